The second-order valence-corrected chi connectivity index (χ2v) is 6.99. The molecule has 1 heterocycles. The molecule has 2 rings (SSSR count). The minimum atomic E-state index is 0.690. The summed E-state index contributed by atoms with van der Waals surface area (Å²) >= 11 is 6.02. The molecule has 1 aromatic rings. The average molecular weight is 294 g/mol. The predicted octanol–water partition coefficient (Wildman–Crippen LogP) is 5.35. The summed E-state index contributed by atoms with van der Waals surface area (Å²) in [6, 6.07) is 8.51. The number of halogens is 1. The zero-order valence-electron chi connectivity index (χ0n) is 12.9. The fourth-order valence-electron chi connectivity index (χ4n) is 3.09. The third-order valence-electron chi connectivity index (χ3n) is 4.43. The van der Waals surface area contributed by atoms with Gasteiger partial charge >= 0.3 is 0 Å². The molecule has 0 aromatic heterocycles. The lowest BCUT2D eigenvalue weighted by atomic mass is 9.88. The van der Waals surface area contributed by atoms with Crippen molar-refractivity contribution in [3.05, 3.63) is 34.9 Å². The van der Waals surface area contributed by atoms with Gasteiger partial charge in [-0.15, -0.1) is 0 Å². The van der Waals surface area contributed by atoms with Crippen LogP contribution in [-0.2, 0) is 0 Å². The fraction of sp³-hybridized carbons (Fsp3) is 0.667. The van der Waals surface area contributed by atoms with Crippen LogP contribution in [0.4, 0.5) is 0 Å². The van der Waals surface area contributed by atoms with Gasteiger partial charge in [0.25, 0.3) is 0 Å². The second kappa shape index (κ2) is 8.05. The van der Waals surface area contributed by atoms with E-state index in [0.717, 1.165) is 10.9 Å². The molecule has 0 N–H and O–H groups in total. The highest BCUT2D eigenvalue weighted by atomic mass is 35.5. The van der Waals surface area contributed by atoms with Crippen molar-refractivity contribution in [1.29, 1.82) is 0 Å². The first-order valence-electron chi connectivity index (χ1n) is 8.13. The molecule has 1 fully saturated rings. The van der Waals surface area contributed by atoms with Crippen LogP contribution in [0.3, 0.4) is 0 Å². The molecule has 2 heteroatoms. The number of likely N-dealkylation sites (tertiary alicyclic amines) is 1. The predicted molar refractivity (Wildman–Crippen MR) is 88.6 cm³/mol. The van der Waals surface area contributed by atoms with E-state index in [2.05, 4.69) is 30.9 Å². The maximum absolute atomic E-state index is 6.02. The standard InChI is InChI=1S/C18H28ClN/c1-15(2)5-6-17(11-14-20-12-3-4-13-20)16-7-9-18(19)10-8-16/h7-10,15,17H,3-6,11-14H2,1-2H3/t17-/m0/s1. The van der Waals surface area contributed by atoms with E-state index in [9.17, 15) is 0 Å². The lowest BCUT2D eigenvalue weighted by Gasteiger charge is -2.22. The summed E-state index contributed by atoms with van der Waals surface area (Å²) in [5.41, 5.74) is 1.47. The van der Waals surface area contributed by atoms with Crippen molar-refractivity contribution in [2.24, 2.45) is 5.92 Å². The van der Waals surface area contributed by atoms with Gasteiger partial charge in [0.05, 0.1) is 0 Å². The third kappa shape index (κ3) is 5.10. The van der Waals surface area contributed by atoms with Crippen molar-refractivity contribution in [3.63, 3.8) is 0 Å². The molecule has 1 aliphatic heterocycles. The molecule has 1 nitrogen and oxygen atoms in total. The van der Waals surface area contributed by atoms with Crippen molar-refractivity contribution in [2.75, 3.05) is 19.6 Å². The minimum Gasteiger partial charge on any atom is -0.303 e. The Bertz CT molecular complexity index is 379. The van der Waals surface area contributed by atoms with Gasteiger partial charge < -0.3 is 4.90 Å². The zero-order valence-corrected chi connectivity index (χ0v) is 13.7. The molecule has 1 aliphatic rings. The van der Waals surface area contributed by atoms with Crippen molar-refractivity contribution in [1.82, 2.24) is 4.90 Å². The lowest BCUT2D eigenvalue weighted by molar-refractivity contribution is 0.314. The number of rotatable bonds is 7. The van der Waals surface area contributed by atoms with Gasteiger partial charge in [-0.05, 0) is 74.8 Å². The van der Waals surface area contributed by atoms with Crippen molar-refractivity contribution >= 4 is 11.6 Å². The molecule has 0 aliphatic carbocycles. The summed E-state index contributed by atoms with van der Waals surface area (Å²) in [7, 11) is 0. The van der Waals surface area contributed by atoms with Gasteiger partial charge in [-0.25, -0.2) is 0 Å². The van der Waals surface area contributed by atoms with Crippen LogP contribution in [0.1, 0.15) is 57.4 Å². The van der Waals surface area contributed by atoms with E-state index in [-0.39, 0.29) is 0 Å². The molecule has 1 saturated heterocycles. The van der Waals surface area contributed by atoms with Crippen molar-refractivity contribution in [2.45, 2.75) is 51.9 Å². The van der Waals surface area contributed by atoms with Gasteiger partial charge in [0.2, 0.25) is 0 Å². The Balaban J connectivity index is 1.93. The molecule has 112 valence electrons. The molecular formula is C18H28ClN. The topological polar surface area (TPSA) is 3.24 Å². The molecule has 0 saturated carbocycles. The van der Waals surface area contributed by atoms with E-state index >= 15 is 0 Å². The molecule has 1 atom stereocenters. The summed E-state index contributed by atoms with van der Waals surface area (Å²) in [5.74, 6) is 1.48. The first-order chi connectivity index (χ1) is 9.65. The Morgan fingerprint density at radius 3 is 2.25 bits per heavy atom. The second-order valence-electron chi connectivity index (χ2n) is 6.56. The van der Waals surface area contributed by atoms with E-state index < -0.39 is 0 Å². The first kappa shape index (κ1) is 15.9. The summed E-state index contributed by atoms with van der Waals surface area (Å²) in [6.07, 6.45) is 6.67. The van der Waals surface area contributed by atoms with Crippen LogP contribution in [0.5, 0.6) is 0 Å². The molecule has 0 spiro atoms. The monoisotopic (exact) mass is 293 g/mol. The highest BCUT2D eigenvalue weighted by Gasteiger charge is 2.16. The van der Waals surface area contributed by atoms with Crippen LogP contribution in [0.25, 0.3) is 0 Å². The molecule has 0 amide bonds. The Labute approximate surface area is 129 Å². The largest absolute Gasteiger partial charge is 0.303 e. The summed E-state index contributed by atoms with van der Waals surface area (Å²) in [5, 5.41) is 0.843. The third-order valence-corrected chi connectivity index (χ3v) is 4.68. The number of nitrogens with zero attached hydrogens (tertiary/aromatic N) is 1. The van der Waals surface area contributed by atoms with Gasteiger partial charge in [0.1, 0.15) is 0 Å². The number of benzene rings is 1. The van der Waals surface area contributed by atoms with E-state index in [0.29, 0.717) is 5.92 Å². The molecular weight excluding hydrogens is 266 g/mol. The molecule has 1 aromatic carbocycles. The normalized spacial score (nSPS) is 17.8. The summed E-state index contributed by atoms with van der Waals surface area (Å²) in [4.78, 5) is 2.62. The number of hydrogen-bond acceptors (Lipinski definition) is 1. The number of hydrogen-bond donors (Lipinski definition) is 0. The van der Waals surface area contributed by atoms with Crippen LogP contribution >= 0.6 is 11.6 Å². The average Bonchev–Trinajstić information content (AvgIpc) is 2.93. The summed E-state index contributed by atoms with van der Waals surface area (Å²) < 4.78 is 0. The van der Waals surface area contributed by atoms with Gasteiger partial charge in [-0.1, -0.05) is 44.0 Å². The van der Waals surface area contributed by atoms with E-state index in [1.165, 1.54) is 57.3 Å². The van der Waals surface area contributed by atoms with Crippen LogP contribution < -0.4 is 0 Å². The van der Waals surface area contributed by atoms with Crippen LogP contribution in [0.2, 0.25) is 5.02 Å². The fourth-order valence-corrected chi connectivity index (χ4v) is 3.22. The highest BCUT2D eigenvalue weighted by molar-refractivity contribution is 6.30. The van der Waals surface area contributed by atoms with E-state index in [1.54, 1.807) is 0 Å². The highest BCUT2D eigenvalue weighted by Crippen LogP contribution is 2.28. The van der Waals surface area contributed by atoms with Crippen LogP contribution in [0.15, 0.2) is 24.3 Å². The first-order valence-corrected chi connectivity index (χ1v) is 8.51. The Morgan fingerprint density at radius 2 is 1.65 bits per heavy atom. The van der Waals surface area contributed by atoms with Gasteiger partial charge in [-0.3, -0.25) is 0 Å². The smallest absolute Gasteiger partial charge is 0.0406 e. The van der Waals surface area contributed by atoms with Gasteiger partial charge in [0, 0.05) is 5.02 Å². The summed E-state index contributed by atoms with van der Waals surface area (Å²) in [6.45, 7) is 8.50. The Kier molecular flexibility index (Phi) is 6.38. The Hall–Kier alpha value is -0.530. The van der Waals surface area contributed by atoms with E-state index in [4.69, 9.17) is 11.6 Å². The van der Waals surface area contributed by atoms with Crippen molar-refractivity contribution < 1.29 is 0 Å². The minimum absolute atomic E-state index is 0.690. The van der Waals surface area contributed by atoms with Gasteiger partial charge in [-0.2, -0.15) is 0 Å². The molecule has 0 radical (unpaired) electrons. The zero-order chi connectivity index (χ0) is 14.4. The van der Waals surface area contributed by atoms with Crippen LogP contribution in [-0.4, -0.2) is 24.5 Å². The molecule has 0 unspecified atom stereocenters. The van der Waals surface area contributed by atoms with Crippen LogP contribution in [0, 0.1) is 5.92 Å². The maximum atomic E-state index is 6.02. The SMILES string of the molecule is CC(C)CC[C@@H](CCN1CCCC1)c1ccc(Cl)cc1. The molecule has 20 heavy (non-hydrogen) atoms. The quantitative estimate of drug-likeness (QED) is 0.655. The lowest BCUT2D eigenvalue weighted by Crippen LogP contribution is -2.22. The van der Waals surface area contributed by atoms with E-state index in [1.807, 2.05) is 12.1 Å². The Morgan fingerprint density at radius 1 is 1.00 bits per heavy atom. The maximum Gasteiger partial charge on any atom is 0.0406 e. The van der Waals surface area contributed by atoms with Gasteiger partial charge in [0.15, 0.2) is 0 Å². The molecule has 0 bridgehead atoms. The van der Waals surface area contributed by atoms with Crippen molar-refractivity contribution in [3.8, 4) is 0 Å².